The van der Waals surface area contributed by atoms with Crippen molar-refractivity contribution in [3.63, 3.8) is 0 Å². The molecular weight excluding hydrogens is 342 g/mol. The van der Waals surface area contributed by atoms with Gasteiger partial charge in [-0.2, -0.15) is 0 Å². The highest BCUT2D eigenvalue weighted by atomic mass is 35.5. The molecule has 1 atom stereocenters. The Morgan fingerprint density at radius 2 is 1.88 bits per heavy atom. The lowest BCUT2D eigenvalue weighted by Crippen LogP contribution is -2.30. The minimum absolute atomic E-state index is 0.203. The number of rotatable bonds is 3. The van der Waals surface area contributed by atoms with E-state index in [0.717, 1.165) is 5.39 Å². The summed E-state index contributed by atoms with van der Waals surface area (Å²) in [6, 6.07) is 13.3. The number of amides is 1. The predicted octanol–water partition coefficient (Wildman–Crippen LogP) is 3.46. The third kappa shape index (κ3) is 2.60. The minimum atomic E-state index is -0.985. The predicted molar refractivity (Wildman–Crippen MR) is 92.8 cm³/mol. The minimum Gasteiger partial charge on any atom is -0.481 e. The number of nitrogens with zero attached hydrogens (tertiary/aromatic N) is 3. The Hall–Kier alpha value is -2.99. The zero-order valence-electron chi connectivity index (χ0n) is 12.9. The molecule has 0 radical (unpaired) electrons. The molecule has 0 aliphatic carbocycles. The van der Waals surface area contributed by atoms with Crippen LogP contribution in [0.3, 0.4) is 0 Å². The van der Waals surface area contributed by atoms with Gasteiger partial charge in [-0.15, -0.1) is 0 Å². The van der Waals surface area contributed by atoms with Crippen LogP contribution in [0.1, 0.15) is 28.4 Å². The van der Waals surface area contributed by atoms with Crippen molar-refractivity contribution in [3.8, 4) is 0 Å². The number of pyridine rings is 2. The lowest BCUT2D eigenvalue weighted by atomic mass is 10.0. The summed E-state index contributed by atoms with van der Waals surface area (Å²) >= 11 is 5.92. The van der Waals surface area contributed by atoms with Crippen molar-refractivity contribution in [1.82, 2.24) is 9.97 Å². The molecule has 7 heteroatoms. The SMILES string of the molecule is O=C(O)CC1c2ccccc2C(=O)N1c1ccc2ccc(Cl)nc2n1. The number of carboxylic acids is 1. The molecule has 25 heavy (non-hydrogen) atoms. The molecule has 1 unspecified atom stereocenters. The van der Waals surface area contributed by atoms with Crippen LogP contribution in [0.25, 0.3) is 11.0 Å². The first kappa shape index (κ1) is 15.5. The van der Waals surface area contributed by atoms with Gasteiger partial charge in [0.15, 0.2) is 5.65 Å². The molecule has 0 spiro atoms. The maximum Gasteiger partial charge on any atom is 0.305 e. The fourth-order valence-electron chi connectivity index (χ4n) is 3.12. The van der Waals surface area contributed by atoms with E-state index >= 15 is 0 Å². The van der Waals surface area contributed by atoms with Crippen LogP contribution in [0.15, 0.2) is 48.5 Å². The van der Waals surface area contributed by atoms with Crippen LogP contribution >= 0.6 is 11.6 Å². The van der Waals surface area contributed by atoms with Gasteiger partial charge in [-0.05, 0) is 35.9 Å². The van der Waals surface area contributed by atoms with E-state index in [4.69, 9.17) is 11.6 Å². The fourth-order valence-corrected chi connectivity index (χ4v) is 3.27. The molecule has 3 aromatic rings. The lowest BCUT2D eigenvalue weighted by molar-refractivity contribution is -0.137. The Bertz CT molecular complexity index is 1020. The first-order chi connectivity index (χ1) is 12.0. The Kier molecular flexibility index (Phi) is 3.62. The quantitative estimate of drug-likeness (QED) is 0.729. The summed E-state index contributed by atoms with van der Waals surface area (Å²) in [6.07, 6.45) is -0.203. The van der Waals surface area contributed by atoms with Gasteiger partial charge < -0.3 is 5.11 Å². The van der Waals surface area contributed by atoms with Crippen LogP contribution in [0.5, 0.6) is 0 Å². The van der Waals surface area contributed by atoms with E-state index in [1.807, 2.05) is 0 Å². The van der Waals surface area contributed by atoms with Gasteiger partial charge in [-0.25, -0.2) is 9.97 Å². The highest BCUT2D eigenvalue weighted by Gasteiger charge is 2.39. The topological polar surface area (TPSA) is 83.4 Å². The lowest BCUT2D eigenvalue weighted by Gasteiger charge is -2.23. The molecule has 2 aromatic heterocycles. The standard InChI is InChI=1S/C18H12ClN3O3/c19-14-7-5-10-6-8-15(21-17(10)20-14)22-13(9-16(23)24)11-3-1-2-4-12(11)18(22)25/h1-8,13H,9H2,(H,23,24). The second-order valence-electron chi connectivity index (χ2n) is 5.73. The number of carbonyl (C=O) groups is 2. The van der Waals surface area contributed by atoms with Gasteiger partial charge in [-0.3, -0.25) is 14.5 Å². The zero-order chi connectivity index (χ0) is 17.6. The first-order valence-corrected chi connectivity index (χ1v) is 8.00. The van der Waals surface area contributed by atoms with E-state index in [1.165, 1.54) is 4.90 Å². The van der Waals surface area contributed by atoms with E-state index in [1.54, 1.807) is 48.5 Å². The van der Waals surface area contributed by atoms with Gasteiger partial charge in [0.2, 0.25) is 0 Å². The summed E-state index contributed by atoms with van der Waals surface area (Å²) in [7, 11) is 0. The third-order valence-corrected chi connectivity index (χ3v) is 4.41. The highest BCUT2D eigenvalue weighted by molar-refractivity contribution is 6.29. The van der Waals surface area contributed by atoms with Gasteiger partial charge in [0.25, 0.3) is 5.91 Å². The number of aliphatic carboxylic acids is 1. The number of carbonyl (C=O) groups excluding carboxylic acids is 1. The summed E-state index contributed by atoms with van der Waals surface area (Å²) in [5, 5.41) is 10.4. The molecule has 124 valence electrons. The third-order valence-electron chi connectivity index (χ3n) is 4.20. The van der Waals surface area contributed by atoms with E-state index in [-0.39, 0.29) is 12.3 Å². The van der Waals surface area contributed by atoms with E-state index < -0.39 is 12.0 Å². The van der Waals surface area contributed by atoms with Crippen molar-refractivity contribution < 1.29 is 14.7 Å². The molecule has 1 N–H and O–H groups in total. The number of aromatic nitrogens is 2. The van der Waals surface area contributed by atoms with Crippen molar-refractivity contribution >= 4 is 40.3 Å². The van der Waals surface area contributed by atoms with Gasteiger partial charge in [0.1, 0.15) is 11.0 Å². The number of hydrogen-bond donors (Lipinski definition) is 1. The van der Waals surface area contributed by atoms with Crippen LogP contribution in [-0.4, -0.2) is 27.0 Å². The number of benzene rings is 1. The van der Waals surface area contributed by atoms with Crippen LogP contribution in [0, 0.1) is 0 Å². The Morgan fingerprint density at radius 3 is 2.68 bits per heavy atom. The van der Waals surface area contributed by atoms with Gasteiger partial charge in [0.05, 0.1) is 12.5 Å². The van der Waals surface area contributed by atoms with E-state index in [0.29, 0.717) is 27.7 Å². The number of anilines is 1. The molecular formula is C18H12ClN3O3. The monoisotopic (exact) mass is 353 g/mol. The molecule has 6 nitrogen and oxygen atoms in total. The molecule has 0 saturated heterocycles. The smallest absolute Gasteiger partial charge is 0.305 e. The molecule has 1 aliphatic rings. The summed E-state index contributed by atoms with van der Waals surface area (Å²) in [6.45, 7) is 0. The van der Waals surface area contributed by atoms with Crippen molar-refractivity contribution in [1.29, 1.82) is 0 Å². The summed E-state index contributed by atoms with van der Waals surface area (Å²) < 4.78 is 0. The molecule has 0 fully saturated rings. The van der Waals surface area contributed by atoms with E-state index in [9.17, 15) is 14.7 Å². The number of fused-ring (bicyclic) bond motifs is 2. The van der Waals surface area contributed by atoms with Gasteiger partial charge in [-0.1, -0.05) is 29.8 Å². The fraction of sp³-hybridized carbons (Fsp3) is 0.111. The average molecular weight is 354 g/mol. The van der Waals surface area contributed by atoms with Crippen molar-refractivity contribution in [2.45, 2.75) is 12.5 Å². The number of halogens is 1. The molecule has 4 rings (SSSR count). The van der Waals surface area contributed by atoms with Crippen molar-refractivity contribution in [2.24, 2.45) is 0 Å². The van der Waals surface area contributed by atoms with Crippen LogP contribution in [0.4, 0.5) is 5.82 Å². The maximum absolute atomic E-state index is 12.8. The summed E-state index contributed by atoms with van der Waals surface area (Å²) in [5.74, 6) is -0.896. The second-order valence-corrected chi connectivity index (χ2v) is 6.11. The number of carboxylic acid groups (broad SMARTS) is 1. The average Bonchev–Trinajstić information content (AvgIpc) is 2.86. The van der Waals surface area contributed by atoms with Crippen LogP contribution in [-0.2, 0) is 4.79 Å². The molecule has 0 bridgehead atoms. The van der Waals surface area contributed by atoms with Crippen molar-refractivity contribution in [3.05, 3.63) is 64.8 Å². The zero-order valence-corrected chi connectivity index (χ0v) is 13.6. The van der Waals surface area contributed by atoms with Crippen LogP contribution in [0.2, 0.25) is 5.15 Å². The first-order valence-electron chi connectivity index (χ1n) is 7.62. The normalized spacial score (nSPS) is 16.3. The second kappa shape index (κ2) is 5.82. The maximum atomic E-state index is 12.8. The Morgan fingerprint density at radius 1 is 1.12 bits per heavy atom. The van der Waals surface area contributed by atoms with Gasteiger partial charge in [0, 0.05) is 10.9 Å². The van der Waals surface area contributed by atoms with Crippen molar-refractivity contribution in [2.75, 3.05) is 4.90 Å². The summed E-state index contributed by atoms with van der Waals surface area (Å²) in [5.41, 5.74) is 1.59. The molecule has 0 saturated carbocycles. The molecule has 3 heterocycles. The van der Waals surface area contributed by atoms with Crippen LogP contribution < -0.4 is 4.90 Å². The molecule has 1 aliphatic heterocycles. The van der Waals surface area contributed by atoms with E-state index in [2.05, 4.69) is 9.97 Å². The highest BCUT2D eigenvalue weighted by Crippen LogP contribution is 2.39. The van der Waals surface area contributed by atoms with Gasteiger partial charge >= 0.3 is 5.97 Å². The molecule has 1 amide bonds. The Labute approximate surface area is 147 Å². The molecule has 1 aromatic carbocycles. The Balaban J connectivity index is 1.85. The number of hydrogen-bond acceptors (Lipinski definition) is 4. The largest absolute Gasteiger partial charge is 0.481 e. The summed E-state index contributed by atoms with van der Waals surface area (Å²) in [4.78, 5) is 34.2.